The van der Waals surface area contributed by atoms with E-state index in [-0.39, 0.29) is 11.9 Å². The maximum absolute atomic E-state index is 11.9. The summed E-state index contributed by atoms with van der Waals surface area (Å²) in [5.41, 5.74) is 0. The lowest BCUT2D eigenvalue weighted by atomic mass is 9.95. The Morgan fingerprint density at radius 3 is 2.69 bits per heavy atom. The predicted molar refractivity (Wildman–Crippen MR) is 62.0 cm³/mol. The Kier molecular flexibility index (Phi) is 4.18. The van der Waals surface area contributed by atoms with Crippen LogP contribution < -0.4 is 5.32 Å². The highest BCUT2D eigenvalue weighted by molar-refractivity contribution is 5.81. The molecule has 1 unspecified atom stereocenters. The third-order valence-electron chi connectivity index (χ3n) is 3.85. The zero-order valence-electron chi connectivity index (χ0n) is 9.82. The Morgan fingerprint density at radius 2 is 2.00 bits per heavy atom. The van der Waals surface area contributed by atoms with Gasteiger partial charge in [0.2, 0.25) is 5.91 Å². The fraction of sp³-hybridized carbons (Fsp3) is 0.917. The molecule has 1 atom stereocenters. The quantitative estimate of drug-likeness (QED) is 0.715. The highest BCUT2D eigenvalue weighted by atomic mass is 16.3. The molecule has 0 saturated carbocycles. The molecule has 92 valence electrons. The molecule has 2 rings (SSSR count). The number of amides is 1. The molecule has 0 aromatic rings. The van der Waals surface area contributed by atoms with E-state index in [0.29, 0.717) is 12.5 Å². The molecule has 2 N–H and O–H groups in total. The van der Waals surface area contributed by atoms with Crippen LogP contribution in [0.4, 0.5) is 0 Å². The third kappa shape index (κ3) is 2.74. The summed E-state index contributed by atoms with van der Waals surface area (Å²) in [6.45, 7) is 3.06. The zero-order chi connectivity index (χ0) is 11.4. The highest BCUT2D eigenvalue weighted by Crippen LogP contribution is 2.21. The van der Waals surface area contributed by atoms with E-state index in [2.05, 4.69) is 10.2 Å². The molecule has 4 heteroatoms. The Bertz CT molecular complexity index is 237. The highest BCUT2D eigenvalue weighted by Gasteiger charge is 2.30. The van der Waals surface area contributed by atoms with Crippen LogP contribution in [0.15, 0.2) is 0 Å². The van der Waals surface area contributed by atoms with Crippen molar-refractivity contribution in [1.82, 2.24) is 10.2 Å². The van der Waals surface area contributed by atoms with Crippen molar-refractivity contribution in [2.75, 3.05) is 26.2 Å². The van der Waals surface area contributed by atoms with Gasteiger partial charge in [0.1, 0.15) is 0 Å². The van der Waals surface area contributed by atoms with Crippen LogP contribution in [0, 0.1) is 5.92 Å². The Morgan fingerprint density at radius 1 is 1.25 bits per heavy atom. The normalized spacial score (nSPS) is 29.8. The van der Waals surface area contributed by atoms with Crippen molar-refractivity contribution >= 4 is 5.91 Å². The SMILES string of the molecule is O=C1NCCCCC1N1CCC(CO)CC1. The molecule has 0 bridgehead atoms. The minimum atomic E-state index is 0.0853. The number of hydrogen-bond acceptors (Lipinski definition) is 3. The van der Waals surface area contributed by atoms with E-state index in [4.69, 9.17) is 5.11 Å². The van der Waals surface area contributed by atoms with Crippen LogP contribution in [0.25, 0.3) is 0 Å². The van der Waals surface area contributed by atoms with Crippen molar-refractivity contribution in [2.45, 2.75) is 38.1 Å². The number of piperidine rings is 1. The molecular formula is C12H22N2O2. The molecular weight excluding hydrogens is 204 g/mol. The van der Waals surface area contributed by atoms with Gasteiger partial charge in [0, 0.05) is 13.2 Å². The maximum atomic E-state index is 11.9. The number of aliphatic hydroxyl groups is 1. The van der Waals surface area contributed by atoms with Crippen LogP contribution in [0.1, 0.15) is 32.1 Å². The topological polar surface area (TPSA) is 52.6 Å². The molecule has 0 aromatic carbocycles. The number of carbonyl (C=O) groups is 1. The van der Waals surface area contributed by atoms with Gasteiger partial charge in [-0.1, -0.05) is 0 Å². The standard InChI is InChI=1S/C12H22N2O2/c15-9-10-4-7-14(8-5-10)11-3-1-2-6-13-12(11)16/h10-11,15H,1-9H2,(H,13,16). The molecule has 0 aliphatic carbocycles. The van der Waals surface area contributed by atoms with E-state index in [9.17, 15) is 4.79 Å². The lowest BCUT2D eigenvalue weighted by Crippen LogP contribution is -2.49. The first kappa shape index (κ1) is 11.9. The molecule has 1 amide bonds. The van der Waals surface area contributed by atoms with E-state index in [1.807, 2.05) is 0 Å². The number of nitrogens with one attached hydrogen (secondary N) is 1. The van der Waals surface area contributed by atoms with Crippen LogP contribution in [0.2, 0.25) is 0 Å². The largest absolute Gasteiger partial charge is 0.396 e. The van der Waals surface area contributed by atoms with Crippen molar-refractivity contribution in [3.8, 4) is 0 Å². The lowest BCUT2D eigenvalue weighted by molar-refractivity contribution is -0.126. The van der Waals surface area contributed by atoms with Gasteiger partial charge in [-0.05, 0) is 51.1 Å². The summed E-state index contributed by atoms with van der Waals surface area (Å²) in [6.07, 6.45) is 5.30. The lowest BCUT2D eigenvalue weighted by Gasteiger charge is -2.35. The van der Waals surface area contributed by atoms with Crippen LogP contribution in [0.3, 0.4) is 0 Å². The van der Waals surface area contributed by atoms with Gasteiger partial charge in [0.05, 0.1) is 6.04 Å². The second kappa shape index (κ2) is 5.64. The van der Waals surface area contributed by atoms with Gasteiger partial charge in [-0.2, -0.15) is 0 Å². The molecule has 16 heavy (non-hydrogen) atoms. The summed E-state index contributed by atoms with van der Waals surface area (Å²) in [5, 5.41) is 12.1. The predicted octanol–water partition coefficient (Wildman–Crippen LogP) is 0.359. The van der Waals surface area contributed by atoms with Crippen molar-refractivity contribution in [1.29, 1.82) is 0 Å². The minimum Gasteiger partial charge on any atom is -0.396 e. The third-order valence-corrected chi connectivity index (χ3v) is 3.85. The molecule has 2 aliphatic rings. The van der Waals surface area contributed by atoms with E-state index >= 15 is 0 Å². The molecule has 2 fully saturated rings. The summed E-state index contributed by atoms with van der Waals surface area (Å²) in [5.74, 6) is 0.657. The van der Waals surface area contributed by atoms with E-state index < -0.39 is 0 Å². The van der Waals surface area contributed by atoms with Crippen LogP contribution in [0.5, 0.6) is 0 Å². The smallest absolute Gasteiger partial charge is 0.237 e. The van der Waals surface area contributed by atoms with Crippen molar-refractivity contribution in [3.63, 3.8) is 0 Å². The van der Waals surface area contributed by atoms with E-state index in [1.165, 1.54) is 0 Å². The Balaban J connectivity index is 1.89. The first-order valence-corrected chi connectivity index (χ1v) is 6.44. The molecule has 2 heterocycles. The van der Waals surface area contributed by atoms with Gasteiger partial charge < -0.3 is 10.4 Å². The molecule has 0 radical (unpaired) electrons. The molecule has 4 nitrogen and oxygen atoms in total. The number of aliphatic hydroxyl groups excluding tert-OH is 1. The van der Waals surface area contributed by atoms with Crippen molar-refractivity contribution in [2.24, 2.45) is 5.92 Å². The Hall–Kier alpha value is -0.610. The van der Waals surface area contributed by atoms with Crippen LogP contribution >= 0.6 is 0 Å². The van der Waals surface area contributed by atoms with Gasteiger partial charge >= 0.3 is 0 Å². The van der Waals surface area contributed by atoms with E-state index in [1.54, 1.807) is 0 Å². The number of carbonyl (C=O) groups excluding carboxylic acids is 1. The van der Waals surface area contributed by atoms with Gasteiger partial charge in [-0.3, -0.25) is 9.69 Å². The first-order valence-electron chi connectivity index (χ1n) is 6.44. The average molecular weight is 226 g/mol. The van der Waals surface area contributed by atoms with E-state index in [0.717, 1.165) is 51.7 Å². The second-order valence-electron chi connectivity index (χ2n) is 4.96. The average Bonchev–Trinajstić information content (AvgIpc) is 2.54. The van der Waals surface area contributed by atoms with Crippen molar-refractivity contribution < 1.29 is 9.90 Å². The molecule has 2 saturated heterocycles. The van der Waals surface area contributed by atoms with Crippen LogP contribution in [-0.4, -0.2) is 48.2 Å². The molecule has 0 aromatic heterocycles. The number of nitrogens with zero attached hydrogens (tertiary/aromatic N) is 1. The summed E-state index contributed by atoms with van der Waals surface area (Å²) in [4.78, 5) is 14.2. The van der Waals surface area contributed by atoms with Crippen molar-refractivity contribution in [3.05, 3.63) is 0 Å². The van der Waals surface area contributed by atoms with Gasteiger partial charge in [-0.25, -0.2) is 0 Å². The Labute approximate surface area is 97.0 Å². The zero-order valence-corrected chi connectivity index (χ0v) is 9.82. The summed E-state index contributed by atoms with van der Waals surface area (Å²) in [6, 6.07) is 0.0853. The van der Waals surface area contributed by atoms with Gasteiger partial charge in [-0.15, -0.1) is 0 Å². The molecule has 0 spiro atoms. The fourth-order valence-electron chi connectivity index (χ4n) is 2.72. The maximum Gasteiger partial charge on any atom is 0.237 e. The number of rotatable bonds is 2. The summed E-state index contributed by atoms with van der Waals surface area (Å²) < 4.78 is 0. The monoisotopic (exact) mass is 226 g/mol. The van der Waals surface area contributed by atoms with Gasteiger partial charge in [0.15, 0.2) is 0 Å². The first-order chi connectivity index (χ1) is 7.81. The summed E-state index contributed by atoms with van der Waals surface area (Å²) >= 11 is 0. The van der Waals surface area contributed by atoms with Crippen LogP contribution in [-0.2, 0) is 4.79 Å². The minimum absolute atomic E-state index is 0.0853. The second-order valence-corrected chi connectivity index (χ2v) is 4.96. The summed E-state index contributed by atoms with van der Waals surface area (Å²) in [7, 11) is 0. The van der Waals surface area contributed by atoms with Gasteiger partial charge in [0.25, 0.3) is 0 Å². The molecule has 2 aliphatic heterocycles. The fourth-order valence-corrected chi connectivity index (χ4v) is 2.72. The number of hydrogen-bond donors (Lipinski definition) is 2. The number of likely N-dealkylation sites (tertiary alicyclic amines) is 1.